The Morgan fingerprint density at radius 3 is 2.04 bits per heavy atom. The number of carbonyl (C=O) groups excluding carboxylic acids is 1. The van der Waals surface area contributed by atoms with Gasteiger partial charge in [0.2, 0.25) is 0 Å². The van der Waals surface area contributed by atoms with E-state index in [-0.39, 0.29) is 18.3 Å². The summed E-state index contributed by atoms with van der Waals surface area (Å²) in [6.07, 6.45) is 0. The van der Waals surface area contributed by atoms with Gasteiger partial charge >= 0.3 is 0 Å². The number of benzene rings is 3. The summed E-state index contributed by atoms with van der Waals surface area (Å²) in [5.74, 6) is 1.06. The van der Waals surface area contributed by atoms with Crippen LogP contribution >= 0.6 is 0 Å². The minimum atomic E-state index is -0.461. The standard InChI is InChI=1S/C21H19NO4/c23-14-20(15-4-2-1-3-5-15)22-21(25)16-6-10-18(11-7-16)26-19-12-8-17(24)9-13-19/h1-13,20,23-24H,14H2,(H,22,25)/t20-/m1/s1. The molecule has 132 valence electrons. The Balaban J connectivity index is 1.65. The molecule has 0 heterocycles. The molecule has 1 amide bonds. The number of phenolic OH excluding ortho intramolecular Hbond substituents is 1. The second kappa shape index (κ2) is 8.18. The summed E-state index contributed by atoms with van der Waals surface area (Å²) < 4.78 is 5.66. The summed E-state index contributed by atoms with van der Waals surface area (Å²) in [5.41, 5.74) is 1.31. The molecule has 0 aliphatic rings. The second-order valence-electron chi connectivity index (χ2n) is 5.74. The van der Waals surface area contributed by atoms with Gasteiger partial charge in [-0.2, -0.15) is 0 Å². The van der Waals surface area contributed by atoms with Gasteiger partial charge in [-0.25, -0.2) is 0 Å². The molecule has 0 spiro atoms. The molecule has 0 radical (unpaired) electrons. The molecular formula is C21H19NO4. The number of aromatic hydroxyl groups is 1. The maximum absolute atomic E-state index is 12.4. The average molecular weight is 349 g/mol. The van der Waals surface area contributed by atoms with Crippen LogP contribution in [0, 0.1) is 0 Å². The summed E-state index contributed by atoms with van der Waals surface area (Å²) in [7, 11) is 0. The number of hydrogen-bond donors (Lipinski definition) is 3. The Bertz CT molecular complexity index is 845. The minimum Gasteiger partial charge on any atom is -0.508 e. The monoisotopic (exact) mass is 349 g/mol. The summed E-state index contributed by atoms with van der Waals surface area (Å²) in [6, 6.07) is 21.9. The van der Waals surface area contributed by atoms with Gasteiger partial charge in [0.05, 0.1) is 12.6 Å². The molecule has 5 heteroatoms. The Morgan fingerprint density at radius 2 is 1.46 bits per heavy atom. The molecule has 0 saturated heterocycles. The predicted molar refractivity (Wildman–Crippen MR) is 98.4 cm³/mol. The molecule has 0 bridgehead atoms. The van der Waals surface area contributed by atoms with Crippen LogP contribution in [0.2, 0.25) is 0 Å². The molecule has 1 atom stereocenters. The van der Waals surface area contributed by atoms with Crippen molar-refractivity contribution in [2.24, 2.45) is 0 Å². The molecule has 5 nitrogen and oxygen atoms in total. The molecule has 0 fully saturated rings. The van der Waals surface area contributed by atoms with E-state index in [1.54, 1.807) is 36.4 Å². The third-order valence-corrected chi connectivity index (χ3v) is 3.88. The molecule has 0 aliphatic heterocycles. The smallest absolute Gasteiger partial charge is 0.251 e. The Hall–Kier alpha value is -3.31. The number of nitrogens with one attached hydrogen (secondary N) is 1. The number of phenols is 1. The first kappa shape index (κ1) is 17.5. The fourth-order valence-corrected chi connectivity index (χ4v) is 2.49. The van der Waals surface area contributed by atoms with Gasteiger partial charge in [0.15, 0.2) is 0 Å². The quantitative estimate of drug-likeness (QED) is 0.635. The van der Waals surface area contributed by atoms with Crippen LogP contribution < -0.4 is 10.1 Å². The highest BCUT2D eigenvalue weighted by atomic mass is 16.5. The maximum atomic E-state index is 12.4. The van der Waals surface area contributed by atoms with Crippen molar-refractivity contribution in [3.05, 3.63) is 90.0 Å². The van der Waals surface area contributed by atoms with Crippen LogP contribution in [0.4, 0.5) is 0 Å². The number of hydrogen-bond acceptors (Lipinski definition) is 4. The fraction of sp³-hybridized carbons (Fsp3) is 0.0952. The lowest BCUT2D eigenvalue weighted by Crippen LogP contribution is -2.30. The fourth-order valence-electron chi connectivity index (χ4n) is 2.49. The van der Waals surface area contributed by atoms with Gasteiger partial charge in [-0.05, 0) is 54.1 Å². The molecule has 0 saturated carbocycles. The van der Waals surface area contributed by atoms with Crippen LogP contribution in [0.25, 0.3) is 0 Å². The molecule has 3 rings (SSSR count). The van der Waals surface area contributed by atoms with Crippen LogP contribution in [-0.4, -0.2) is 22.7 Å². The predicted octanol–water partition coefficient (Wildman–Crippen LogP) is 3.65. The Kier molecular flexibility index (Phi) is 5.51. The zero-order chi connectivity index (χ0) is 18.4. The molecule has 3 aromatic rings. The van der Waals surface area contributed by atoms with Crippen molar-refractivity contribution in [3.8, 4) is 17.2 Å². The average Bonchev–Trinajstić information content (AvgIpc) is 2.69. The molecule has 0 unspecified atom stereocenters. The number of aliphatic hydroxyl groups excluding tert-OH is 1. The minimum absolute atomic E-state index is 0.168. The van der Waals surface area contributed by atoms with E-state index in [4.69, 9.17) is 4.74 Å². The van der Waals surface area contributed by atoms with Crippen molar-refractivity contribution in [1.29, 1.82) is 0 Å². The van der Waals surface area contributed by atoms with Crippen molar-refractivity contribution in [1.82, 2.24) is 5.32 Å². The highest BCUT2D eigenvalue weighted by Crippen LogP contribution is 2.23. The zero-order valence-corrected chi connectivity index (χ0v) is 14.0. The Morgan fingerprint density at radius 1 is 0.885 bits per heavy atom. The topological polar surface area (TPSA) is 78.8 Å². The molecular weight excluding hydrogens is 330 g/mol. The van der Waals surface area contributed by atoms with Gasteiger partial charge in [-0.1, -0.05) is 30.3 Å². The van der Waals surface area contributed by atoms with E-state index in [0.717, 1.165) is 5.56 Å². The first-order valence-electron chi connectivity index (χ1n) is 8.19. The number of carbonyl (C=O) groups is 1. The van der Waals surface area contributed by atoms with Crippen LogP contribution in [-0.2, 0) is 0 Å². The second-order valence-corrected chi connectivity index (χ2v) is 5.74. The largest absolute Gasteiger partial charge is 0.508 e. The van der Waals surface area contributed by atoms with Gasteiger partial charge in [0, 0.05) is 5.56 Å². The van der Waals surface area contributed by atoms with Gasteiger partial charge in [0.1, 0.15) is 17.2 Å². The lowest BCUT2D eigenvalue weighted by atomic mass is 10.1. The van der Waals surface area contributed by atoms with Crippen molar-refractivity contribution in [3.63, 3.8) is 0 Å². The van der Waals surface area contributed by atoms with Crippen LogP contribution in [0.5, 0.6) is 17.2 Å². The molecule has 3 aromatic carbocycles. The van der Waals surface area contributed by atoms with Gasteiger partial charge in [-0.3, -0.25) is 4.79 Å². The van der Waals surface area contributed by atoms with Crippen LogP contribution in [0.15, 0.2) is 78.9 Å². The maximum Gasteiger partial charge on any atom is 0.251 e. The first-order valence-corrected chi connectivity index (χ1v) is 8.19. The van der Waals surface area contributed by atoms with E-state index in [1.165, 1.54) is 12.1 Å². The number of rotatable bonds is 6. The Labute approximate surface area is 151 Å². The van der Waals surface area contributed by atoms with E-state index in [2.05, 4.69) is 5.32 Å². The summed E-state index contributed by atoms with van der Waals surface area (Å²) in [5, 5.41) is 21.6. The van der Waals surface area contributed by atoms with Crippen molar-refractivity contribution in [2.45, 2.75) is 6.04 Å². The van der Waals surface area contributed by atoms with Crippen LogP contribution in [0.3, 0.4) is 0 Å². The van der Waals surface area contributed by atoms with Gasteiger partial charge in [0.25, 0.3) is 5.91 Å². The number of ether oxygens (including phenoxy) is 1. The normalized spacial score (nSPS) is 11.6. The molecule has 0 aliphatic carbocycles. The molecule has 0 aromatic heterocycles. The number of aliphatic hydroxyl groups is 1. The van der Waals surface area contributed by atoms with E-state index >= 15 is 0 Å². The van der Waals surface area contributed by atoms with E-state index in [0.29, 0.717) is 17.1 Å². The van der Waals surface area contributed by atoms with Crippen LogP contribution in [0.1, 0.15) is 22.0 Å². The zero-order valence-electron chi connectivity index (χ0n) is 14.0. The van der Waals surface area contributed by atoms with E-state index in [1.807, 2.05) is 30.3 Å². The van der Waals surface area contributed by atoms with Crippen molar-refractivity contribution >= 4 is 5.91 Å². The lowest BCUT2D eigenvalue weighted by molar-refractivity contribution is 0.0916. The van der Waals surface area contributed by atoms with Gasteiger partial charge in [-0.15, -0.1) is 0 Å². The van der Waals surface area contributed by atoms with Crippen molar-refractivity contribution < 1.29 is 19.7 Å². The lowest BCUT2D eigenvalue weighted by Gasteiger charge is -2.17. The van der Waals surface area contributed by atoms with Crippen molar-refractivity contribution in [2.75, 3.05) is 6.61 Å². The summed E-state index contributed by atoms with van der Waals surface area (Å²) >= 11 is 0. The first-order chi connectivity index (χ1) is 12.7. The third kappa shape index (κ3) is 4.40. The highest BCUT2D eigenvalue weighted by Gasteiger charge is 2.14. The molecule has 3 N–H and O–H groups in total. The highest BCUT2D eigenvalue weighted by molar-refractivity contribution is 5.94. The number of amides is 1. The van der Waals surface area contributed by atoms with E-state index < -0.39 is 6.04 Å². The summed E-state index contributed by atoms with van der Waals surface area (Å²) in [6.45, 7) is -0.183. The third-order valence-electron chi connectivity index (χ3n) is 3.88. The molecule has 26 heavy (non-hydrogen) atoms. The SMILES string of the molecule is O=C(N[C@H](CO)c1ccccc1)c1ccc(Oc2ccc(O)cc2)cc1. The van der Waals surface area contributed by atoms with E-state index in [9.17, 15) is 15.0 Å². The summed E-state index contributed by atoms with van der Waals surface area (Å²) in [4.78, 5) is 12.4. The van der Waals surface area contributed by atoms with Gasteiger partial charge < -0.3 is 20.3 Å².